The standard InChI is InChI=1S/C21H28O5/c1-19-8-6-13(22)10-12(19)4-5-14-15-7-9-21(26-3,18(24)25)20(15,2)11-16(23)17(14)19/h6,8,10,14-17,23H,4-5,7,9,11H2,1-3H3,(H,24,25)/t14-,15-,16-,17+,19-,20-,21-/m0/s1. The summed E-state index contributed by atoms with van der Waals surface area (Å²) in [6.45, 7) is 4.12. The summed E-state index contributed by atoms with van der Waals surface area (Å²) in [6.07, 6.45) is 8.17. The first-order valence-corrected chi connectivity index (χ1v) is 9.60. The molecular formula is C21H28O5. The molecule has 0 aliphatic heterocycles. The number of ketones is 1. The number of hydrogen-bond acceptors (Lipinski definition) is 4. The topological polar surface area (TPSA) is 83.8 Å². The highest BCUT2D eigenvalue weighted by atomic mass is 16.5. The molecule has 7 atom stereocenters. The fourth-order valence-electron chi connectivity index (χ4n) is 7.09. The quantitative estimate of drug-likeness (QED) is 0.791. The second kappa shape index (κ2) is 5.52. The van der Waals surface area contributed by atoms with Gasteiger partial charge >= 0.3 is 5.97 Å². The molecule has 3 saturated carbocycles. The van der Waals surface area contributed by atoms with E-state index in [-0.39, 0.29) is 29.0 Å². The van der Waals surface area contributed by atoms with E-state index in [9.17, 15) is 19.8 Å². The van der Waals surface area contributed by atoms with Gasteiger partial charge in [0, 0.05) is 23.9 Å². The van der Waals surface area contributed by atoms with Crippen LogP contribution in [0, 0.1) is 28.6 Å². The maximum Gasteiger partial charge on any atom is 0.336 e. The van der Waals surface area contributed by atoms with Gasteiger partial charge in [-0.05, 0) is 56.1 Å². The predicted octanol–water partition coefficient (Wildman–Crippen LogP) is 2.73. The highest BCUT2D eigenvalue weighted by Gasteiger charge is 2.69. The number of fused-ring (bicyclic) bond motifs is 5. The summed E-state index contributed by atoms with van der Waals surface area (Å²) < 4.78 is 5.63. The summed E-state index contributed by atoms with van der Waals surface area (Å²) in [5, 5.41) is 21.2. The third kappa shape index (κ3) is 1.99. The first-order valence-electron chi connectivity index (χ1n) is 9.60. The fraction of sp³-hybridized carbons (Fsp3) is 0.714. The summed E-state index contributed by atoms with van der Waals surface area (Å²) in [5.74, 6) is -0.430. The Balaban J connectivity index is 1.77. The van der Waals surface area contributed by atoms with Crippen LogP contribution in [0.15, 0.2) is 23.8 Å². The van der Waals surface area contributed by atoms with Crippen molar-refractivity contribution in [3.05, 3.63) is 23.8 Å². The average molecular weight is 360 g/mol. The zero-order valence-corrected chi connectivity index (χ0v) is 15.7. The van der Waals surface area contributed by atoms with Gasteiger partial charge in [-0.25, -0.2) is 4.79 Å². The number of hydrogen-bond donors (Lipinski definition) is 2. The fourth-order valence-corrected chi connectivity index (χ4v) is 7.09. The molecule has 0 radical (unpaired) electrons. The van der Waals surface area contributed by atoms with Gasteiger partial charge in [0.1, 0.15) is 0 Å². The van der Waals surface area contributed by atoms with Gasteiger partial charge in [0.25, 0.3) is 0 Å². The van der Waals surface area contributed by atoms with E-state index in [1.807, 2.05) is 13.0 Å². The number of methoxy groups -OCH3 is 1. The normalized spacial score (nSPS) is 49.8. The minimum absolute atomic E-state index is 0.0198. The molecule has 0 amide bonds. The minimum Gasteiger partial charge on any atom is -0.479 e. The van der Waals surface area contributed by atoms with Crippen molar-refractivity contribution in [3.63, 3.8) is 0 Å². The van der Waals surface area contributed by atoms with E-state index in [0.717, 1.165) is 24.8 Å². The number of carbonyl (C=O) groups excluding carboxylic acids is 1. The Morgan fingerprint density at radius 2 is 2.04 bits per heavy atom. The Hall–Kier alpha value is -1.46. The van der Waals surface area contributed by atoms with Crippen molar-refractivity contribution < 1.29 is 24.5 Å². The largest absolute Gasteiger partial charge is 0.479 e. The van der Waals surface area contributed by atoms with Crippen molar-refractivity contribution >= 4 is 11.8 Å². The van der Waals surface area contributed by atoms with E-state index in [0.29, 0.717) is 12.8 Å². The van der Waals surface area contributed by atoms with Crippen molar-refractivity contribution in [2.45, 2.75) is 57.7 Å². The smallest absolute Gasteiger partial charge is 0.336 e. The van der Waals surface area contributed by atoms with E-state index < -0.39 is 23.1 Å². The third-order valence-electron chi connectivity index (χ3n) is 8.31. The van der Waals surface area contributed by atoms with E-state index in [1.54, 1.807) is 12.2 Å². The van der Waals surface area contributed by atoms with Crippen molar-refractivity contribution in [2.75, 3.05) is 7.11 Å². The van der Waals surface area contributed by atoms with Crippen LogP contribution < -0.4 is 0 Å². The molecule has 5 nitrogen and oxygen atoms in total. The molecule has 5 heteroatoms. The molecule has 4 aliphatic carbocycles. The average Bonchev–Trinajstić information content (AvgIpc) is 2.88. The molecule has 26 heavy (non-hydrogen) atoms. The van der Waals surface area contributed by atoms with E-state index in [4.69, 9.17) is 4.74 Å². The Labute approximate surface area is 154 Å². The third-order valence-corrected chi connectivity index (χ3v) is 8.31. The molecule has 0 saturated heterocycles. The molecule has 0 aromatic rings. The summed E-state index contributed by atoms with van der Waals surface area (Å²) in [6, 6.07) is 0. The van der Waals surface area contributed by atoms with Crippen LogP contribution >= 0.6 is 0 Å². The number of aliphatic hydroxyl groups excluding tert-OH is 1. The van der Waals surface area contributed by atoms with Gasteiger partial charge in [0.15, 0.2) is 11.4 Å². The van der Waals surface area contributed by atoms with Gasteiger partial charge in [0.05, 0.1) is 6.10 Å². The van der Waals surface area contributed by atoms with Gasteiger partial charge in [0.2, 0.25) is 0 Å². The van der Waals surface area contributed by atoms with E-state index >= 15 is 0 Å². The van der Waals surface area contributed by atoms with Gasteiger partial charge in [-0.3, -0.25) is 4.79 Å². The van der Waals surface area contributed by atoms with Crippen LogP contribution in [0.1, 0.15) is 46.0 Å². The summed E-state index contributed by atoms with van der Waals surface area (Å²) in [5.41, 5.74) is -1.01. The monoisotopic (exact) mass is 360 g/mol. The van der Waals surface area contributed by atoms with Gasteiger partial charge in [-0.15, -0.1) is 0 Å². The second-order valence-corrected chi connectivity index (χ2v) is 9.09. The molecule has 2 N–H and O–H groups in total. The number of rotatable bonds is 2. The van der Waals surface area contributed by atoms with Crippen LogP contribution in [-0.2, 0) is 14.3 Å². The number of carboxylic acids is 1. The van der Waals surface area contributed by atoms with Crippen LogP contribution in [0.25, 0.3) is 0 Å². The first-order chi connectivity index (χ1) is 12.2. The highest BCUT2D eigenvalue weighted by molar-refractivity contribution is 6.01. The van der Waals surface area contributed by atoms with Gasteiger partial charge < -0.3 is 14.9 Å². The number of allylic oxidation sites excluding steroid dienone is 4. The summed E-state index contributed by atoms with van der Waals surface area (Å²) in [4.78, 5) is 24.0. The molecule has 0 unspecified atom stereocenters. The number of ether oxygens (including phenoxy) is 1. The summed E-state index contributed by atoms with van der Waals surface area (Å²) >= 11 is 0. The molecule has 4 rings (SSSR count). The van der Waals surface area contributed by atoms with Gasteiger partial charge in [-0.2, -0.15) is 0 Å². The molecule has 0 spiro atoms. The van der Waals surface area contributed by atoms with Gasteiger partial charge in [-0.1, -0.05) is 25.5 Å². The number of aliphatic carboxylic acids is 1. The SMILES string of the molecule is CO[C@]1(C(=O)O)CC[C@H]2[C@@H]3CCC4=CC(=O)C=C[C@]4(C)[C@H]3[C@@H](O)C[C@@]21C. The molecular weight excluding hydrogens is 332 g/mol. The van der Waals surface area contributed by atoms with Crippen molar-refractivity contribution in [3.8, 4) is 0 Å². The Morgan fingerprint density at radius 1 is 1.31 bits per heavy atom. The Morgan fingerprint density at radius 3 is 2.69 bits per heavy atom. The Bertz CT molecular complexity index is 724. The lowest BCUT2D eigenvalue weighted by Gasteiger charge is -2.59. The number of aliphatic hydroxyl groups is 1. The Kier molecular flexibility index (Phi) is 3.81. The van der Waals surface area contributed by atoms with Crippen LogP contribution in [0.4, 0.5) is 0 Å². The van der Waals surface area contributed by atoms with E-state index in [2.05, 4.69) is 6.92 Å². The second-order valence-electron chi connectivity index (χ2n) is 9.09. The molecule has 142 valence electrons. The van der Waals surface area contributed by atoms with Crippen LogP contribution in [-0.4, -0.2) is 40.8 Å². The lowest BCUT2D eigenvalue weighted by atomic mass is 9.46. The van der Waals surface area contributed by atoms with Crippen molar-refractivity contribution in [2.24, 2.45) is 28.6 Å². The molecule has 0 heterocycles. The maximum absolute atomic E-state index is 12.1. The first kappa shape index (κ1) is 17.9. The molecule has 0 aromatic heterocycles. The zero-order valence-electron chi connectivity index (χ0n) is 15.7. The van der Waals surface area contributed by atoms with Crippen LogP contribution in [0.2, 0.25) is 0 Å². The van der Waals surface area contributed by atoms with Crippen LogP contribution in [0.3, 0.4) is 0 Å². The lowest BCUT2D eigenvalue weighted by Crippen LogP contribution is -2.61. The predicted molar refractivity (Wildman–Crippen MR) is 95.4 cm³/mol. The zero-order chi connectivity index (χ0) is 18.9. The van der Waals surface area contributed by atoms with Crippen LogP contribution in [0.5, 0.6) is 0 Å². The number of carboxylic acid groups (broad SMARTS) is 1. The number of carbonyl (C=O) groups is 2. The molecule has 4 aliphatic rings. The minimum atomic E-state index is -1.22. The van der Waals surface area contributed by atoms with Crippen molar-refractivity contribution in [1.29, 1.82) is 0 Å². The molecule has 0 bridgehead atoms. The van der Waals surface area contributed by atoms with Crippen molar-refractivity contribution in [1.82, 2.24) is 0 Å². The lowest BCUT2D eigenvalue weighted by molar-refractivity contribution is -0.199. The molecule has 0 aromatic carbocycles. The van der Waals surface area contributed by atoms with E-state index in [1.165, 1.54) is 7.11 Å². The highest BCUT2D eigenvalue weighted by Crippen LogP contribution is 2.67. The summed E-state index contributed by atoms with van der Waals surface area (Å²) in [7, 11) is 1.48. The molecule has 3 fully saturated rings. The maximum atomic E-state index is 12.1.